The smallest absolute Gasteiger partial charge is 0.251 e. The number of para-hydroxylation sites is 1. The highest BCUT2D eigenvalue weighted by molar-refractivity contribution is 7.88. The molecule has 3 rings (SSSR count). The highest BCUT2D eigenvalue weighted by atomic mass is 32.2. The summed E-state index contributed by atoms with van der Waals surface area (Å²) in [6.07, 6.45) is 5.60. The van der Waals surface area contributed by atoms with Gasteiger partial charge in [-0.1, -0.05) is 37.5 Å². The van der Waals surface area contributed by atoms with Crippen LogP contribution in [0.3, 0.4) is 0 Å². The van der Waals surface area contributed by atoms with Crippen LogP contribution in [0.5, 0.6) is 11.5 Å². The number of sulfonamides is 1. The van der Waals surface area contributed by atoms with Crippen LogP contribution < -0.4 is 14.8 Å². The summed E-state index contributed by atoms with van der Waals surface area (Å²) in [4.78, 5) is 12.5. The number of carbonyl (C=O) groups excluding carboxylic acids is 1. The third kappa shape index (κ3) is 5.81. The van der Waals surface area contributed by atoms with Gasteiger partial charge in [-0.15, -0.1) is 0 Å². The first-order valence-corrected chi connectivity index (χ1v) is 11.3. The molecule has 0 aliphatic heterocycles. The molecule has 0 aromatic heterocycles. The maximum atomic E-state index is 12.5. The van der Waals surface area contributed by atoms with Crippen molar-refractivity contribution in [1.82, 2.24) is 10.0 Å². The molecular weight excluding hydrogens is 376 g/mol. The van der Waals surface area contributed by atoms with Gasteiger partial charge in [0.1, 0.15) is 11.5 Å². The Bertz CT molecular complexity index is 890. The van der Waals surface area contributed by atoms with Crippen molar-refractivity contribution in [1.29, 1.82) is 0 Å². The molecule has 1 aliphatic carbocycles. The summed E-state index contributed by atoms with van der Waals surface area (Å²) >= 11 is 0. The van der Waals surface area contributed by atoms with Gasteiger partial charge in [0, 0.05) is 12.1 Å². The monoisotopic (exact) mass is 402 g/mol. The van der Waals surface area contributed by atoms with E-state index in [1.165, 1.54) is 0 Å². The van der Waals surface area contributed by atoms with E-state index in [-0.39, 0.29) is 12.5 Å². The number of hydrogen-bond acceptors (Lipinski definition) is 4. The van der Waals surface area contributed by atoms with Gasteiger partial charge in [0.25, 0.3) is 5.91 Å². The normalized spacial score (nSPS) is 16.3. The number of benzene rings is 2. The molecule has 2 N–H and O–H groups in total. The van der Waals surface area contributed by atoms with Gasteiger partial charge < -0.3 is 10.1 Å². The minimum Gasteiger partial charge on any atom is -0.457 e. The van der Waals surface area contributed by atoms with Crippen molar-refractivity contribution in [2.24, 2.45) is 0 Å². The van der Waals surface area contributed by atoms with Crippen molar-refractivity contribution < 1.29 is 17.9 Å². The van der Waals surface area contributed by atoms with Crippen molar-refractivity contribution in [2.75, 3.05) is 12.8 Å². The Labute approximate surface area is 166 Å². The second kappa shape index (κ2) is 8.75. The molecule has 0 unspecified atom stereocenters. The van der Waals surface area contributed by atoms with E-state index in [2.05, 4.69) is 10.0 Å². The van der Waals surface area contributed by atoms with Gasteiger partial charge in [-0.2, -0.15) is 0 Å². The van der Waals surface area contributed by atoms with Crippen LogP contribution in [0.2, 0.25) is 0 Å². The third-order valence-electron chi connectivity index (χ3n) is 4.90. The molecular formula is C21H26N2O4S. The molecule has 1 fully saturated rings. The number of hydrogen-bond donors (Lipinski definition) is 2. The van der Waals surface area contributed by atoms with Crippen molar-refractivity contribution in [2.45, 2.75) is 37.6 Å². The summed E-state index contributed by atoms with van der Waals surface area (Å²) < 4.78 is 32.0. The minimum absolute atomic E-state index is 0.230. The first kappa shape index (κ1) is 20.4. The molecule has 0 spiro atoms. The van der Waals surface area contributed by atoms with E-state index < -0.39 is 15.6 Å². The zero-order valence-electron chi connectivity index (χ0n) is 16.0. The molecule has 28 heavy (non-hydrogen) atoms. The van der Waals surface area contributed by atoms with Crippen molar-refractivity contribution >= 4 is 15.9 Å². The minimum atomic E-state index is -3.35. The first-order chi connectivity index (χ1) is 13.4. The largest absolute Gasteiger partial charge is 0.457 e. The molecule has 1 aliphatic rings. The van der Waals surface area contributed by atoms with Crippen LogP contribution in [-0.4, -0.2) is 32.7 Å². The van der Waals surface area contributed by atoms with Gasteiger partial charge in [-0.3, -0.25) is 4.79 Å². The summed E-state index contributed by atoms with van der Waals surface area (Å²) in [7, 11) is -3.35. The Morgan fingerprint density at radius 3 is 2.18 bits per heavy atom. The molecule has 1 amide bonds. The van der Waals surface area contributed by atoms with Gasteiger partial charge in [0.05, 0.1) is 11.8 Å². The number of rotatable bonds is 7. The lowest BCUT2D eigenvalue weighted by Crippen LogP contribution is -2.56. The molecule has 2 aromatic carbocycles. The Morgan fingerprint density at radius 1 is 0.964 bits per heavy atom. The predicted molar refractivity (Wildman–Crippen MR) is 109 cm³/mol. The Hall–Kier alpha value is -2.38. The first-order valence-electron chi connectivity index (χ1n) is 9.45. The average molecular weight is 403 g/mol. The van der Waals surface area contributed by atoms with E-state index >= 15 is 0 Å². The van der Waals surface area contributed by atoms with Crippen LogP contribution >= 0.6 is 0 Å². The number of amides is 1. The highest BCUT2D eigenvalue weighted by Crippen LogP contribution is 2.28. The maximum Gasteiger partial charge on any atom is 0.251 e. The molecule has 1 saturated carbocycles. The Balaban J connectivity index is 1.62. The van der Waals surface area contributed by atoms with E-state index in [0.717, 1.165) is 44.1 Å². The van der Waals surface area contributed by atoms with Crippen LogP contribution in [-0.2, 0) is 10.0 Å². The van der Waals surface area contributed by atoms with E-state index in [0.29, 0.717) is 11.3 Å². The lowest BCUT2D eigenvalue weighted by Gasteiger charge is -2.37. The summed E-state index contributed by atoms with van der Waals surface area (Å²) in [5, 5.41) is 2.89. The summed E-state index contributed by atoms with van der Waals surface area (Å²) in [5.41, 5.74) is -0.0940. The second-order valence-electron chi connectivity index (χ2n) is 7.34. The van der Waals surface area contributed by atoms with E-state index in [9.17, 15) is 13.2 Å². The molecule has 0 atom stereocenters. The van der Waals surface area contributed by atoms with Crippen molar-refractivity contribution in [3.8, 4) is 11.5 Å². The number of carbonyl (C=O) groups is 1. The molecule has 0 saturated heterocycles. The molecule has 0 radical (unpaired) electrons. The fourth-order valence-corrected chi connectivity index (χ4v) is 4.65. The summed E-state index contributed by atoms with van der Waals surface area (Å²) in [6.45, 7) is 0.279. The fraction of sp³-hybridized carbons (Fsp3) is 0.381. The highest BCUT2D eigenvalue weighted by Gasteiger charge is 2.35. The van der Waals surface area contributed by atoms with E-state index in [1.807, 2.05) is 30.3 Å². The molecule has 0 heterocycles. The topological polar surface area (TPSA) is 84.5 Å². The molecule has 7 heteroatoms. The standard InChI is InChI=1S/C21H26N2O4S/c1-28(25,26)23-21(14-6-3-7-15-21)16-22-20(24)17-10-12-19(13-11-17)27-18-8-4-2-5-9-18/h2,4-5,8-13,23H,3,6-7,14-16H2,1H3,(H,22,24). The average Bonchev–Trinajstić information content (AvgIpc) is 2.67. The fourth-order valence-electron chi connectivity index (χ4n) is 3.59. The van der Waals surface area contributed by atoms with Gasteiger partial charge in [-0.05, 0) is 49.2 Å². The second-order valence-corrected chi connectivity index (χ2v) is 9.09. The van der Waals surface area contributed by atoms with Gasteiger partial charge in [-0.25, -0.2) is 13.1 Å². The van der Waals surface area contributed by atoms with Crippen LogP contribution in [0.15, 0.2) is 54.6 Å². The summed E-state index contributed by atoms with van der Waals surface area (Å²) in [5.74, 6) is 1.14. The number of nitrogens with one attached hydrogen (secondary N) is 2. The summed E-state index contributed by atoms with van der Waals surface area (Å²) in [6, 6.07) is 16.3. The lowest BCUT2D eigenvalue weighted by atomic mass is 9.82. The van der Waals surface area contributed by atoms with E-state index in [1.54, 1.807) is 24.3 Å². The molecule has 150 valence electrons. The maximum absolute atomic E-state index is 12.5. The lowest BCUT2D eigenvalue weighted by molar-refractivity contribution is 0.0934. The van der Waals surface area contributed by atoms with Crippen molar-refractivity contribution in [3.63, 3.8) is 0 Å². The van der Waals surface area contributed by atoms with Crippen LogP contribution in [0.1, 0.15) is 42.5 Å². The van der Waals surface area contributed by atoms with E-state index in [4.69, 9.17) is 4.74 Å². The van der Waals surface area contributed by atoms with Gasteiger partial charge in [0.2, 0.25) is 10.0 Å². The quantitative estimate of drug-likeness (QED) is 0.743. The van der Waals surface area contributed by atoms with Gasteiger partial charge >= 0.3 is 0 Å². The predicted octanol–water partition coefficient (Wildman–Crippen LogP) is 3.46. The molecule has 6 nitrogen and oxygen atoms in total. The number of ether oxygens (including phenoxy) is 1. The molecule has 2 aromatic rings. The van der Waals surface area contributed by atoms with Crippen molar-refractivity contribution in [3.05, 3.63) is 60.2 Å². The SMILES string of the molecule is CS(=O)(=O)NC1(CNC(=O)c2ccc(Oc3ccccc3)cc2)CCCCC1. The van der Waals surface area contributed by atoms with Crippen LogP contribution in [0.4, 0.5) is 0 Å². The Morgan fingerprint density at radius 2 is 1.57 bits per heavy atom. The Kier molecular flexibility index (Phi) is 6.36. The zero-order valence-corrected chi connectivity index (χ0v) is 16.8. The zero-order chi connectivity index (χ0) is 20.0. The van der Waals surface area contributed by atoms with Crippen LogP contribution in [0.25, 0.3) is 0 Å². The third-order valence-corrected chi connectivity index (χ3v) is 5.70. The van der Waals surface area contributed by atoms with Crippen LogP contribution in [0, 0.1) is 0 Å². The molecule has 0 bridgehead atoms. The van der Waals surface area contributed by atoms with Gasteiger partial charge in [0.15, 0.2) is 0 Å².